The summed E-state index contributed by atoms with van der Waals surface area (Å²) in [5, 5.41) is 11.1. The van der Waals surface area contributed by atoms with Gasteiger partial charge >= 0.3 is 5.69 Å². The summed E-state index contributed by atoms with van der Waals surface area (Å²) >= 11 is 6.91. The molecule has 3 aromatic rings. The lowest BCUT2D eigenvalue weighted by molar-refractivity contribution is -0.126. The van der Waals surface area contributed by atoms with Crippen LogP contribution in [0.3, 0.4) is 0 Å². The van der Waals surface area contributed by atoms with Gasteiger partial charge in [0.05, 0.1) is 28.7 Å². The van der Waals surface area contributed by atoms with Crippen LogP contribution in [-0.4, -0.2) is 75.3 Å². The molecule has 0 aliphatic carbocycles. The second-order valence-electron chi connectivity index (χ2n) is 10.6. The first-order chi connectivity index (χ1) is 19.3. The van der Waals surface area contributed by atoms with E-state index in [4.69, 9.17) is 16.6 Å². The molecule has 5 rings (SSSR count). The third kappa shape index (κ3) is 4.86. The number of amides is 1. The lowest BCUT2D eigenvalue weighted by Gasteiger charge is -2.40. The SMILES string of the molecule is C=CC(=O)N1CCN(c2nc(=O)n(-c3c(CC)cccc3CC)c3nc(N4CCCC4CO)c(Cl)cc23)C(C)C1. The zero-order valence-corrected chi connectivity index (χ0v) is 24.2. The third-order valence-electron chi connectivity index (χ3n) is 8.22. The smallest absolute Gasteiger partial charge is 0.355 e. The van der Waals surface area contributed by atoms with E-state index in [0.717, 1.165) is 49.0 Å². The molecule has 2 aromatic heterocycles. The first-order valence-corrected chi connectivity index (χ1v) is 14.5. The van der Waals surface area contributed by atoms with Crippen molar-refractivity contribution in [2.45, 2.75) is 58.5 Å². The van der Waals surface area contributed by atoms with E-state index in [-0.39, 0.29) is 24.6 Å². The Hall–Kier alpha value is -3.43. The van der Waals surface area contributed by atoms with Crippen molar-refractivity contribution in [2.24, 2.45) is 0 Å². The lowest BCUT2D eigenvalue weighted by Crippen LogP contribution is -2.54. The van der Waals surface area contributed by atoms with Gasteiger partial charge in [0.2, 0.25) is 5.91 Å². The number of fused-ring (bicyclic) bond motifs is 1. The molecule has 2 fully saturated rings. The predicted molar refractivity (Wildman–Crippen MR) is 160 cm³/mol. The van der Waals surface area contributed by atoms with E-state index in [1.165, 1.54) is 6.08 Å². The molecule has 2 atom stereocenters. The quantitative estimate of drug-likeness (QED) is 0.437. The van der Waals surface area contributed by atoms with Gasteiger partial charge in [0.25, 0.3) is 0 Å². The Balaban J connectivity index is 1.76. The monoisotopic (exact) mass is 564 g/mol. The minimum absolute atomic E-state index is 0.00825. The summed E-state index contributed by atoms with van der Waals surface area (Å²) in [6.45, 7) is 12.0. The average molecular weight is 565 g/mol. The predicted octanol–water partition coefficient (Wildman–Crippen LogP) is 3.74. The van der Waals surface area contributed by atoms with Crippen molar-refractivity contribution in [1.82, 2.24) is 19.4 Å². The fourth-order valence-electron chi connectivity index (χ4n) is 6.13. The van der Waals surface area contributed by atoms with Crippen LogP contribution in [0.25, 0.3) is 16.7 Å². The van der Waals surface area contributed by atoms with E-state index in [1.54, 1.807) is 9.47 Å². The number of nitrogens with zero attached hydrogens (tertiary/aromatic N) is 6. The van der Waals surface area contributed by atoms with E-state index in [9.17, 15) is 14.7 Å². The fraction of sp³-hybridized carbons (Fsp3) is 0.467. The van der Waals surface area contributed by atoms with E-state index in [1.807, 2.05) is 36.1 Å². The Morgan fingerprint density at radius 3 is 2.48 bits per heavy atom. The second-order valence-corrected chi connectivity index (χ2v) is 11.0. The number of hydrogen-bond donors (Lipinski definition) is 1. The van der Waals surface area contributed by atoms with Gasteiger partial charge in [-0.25, -0.2) is 14.3 Å². The van der Waals surface area contributed by atoms with Gasteiger partial charge in [-0.05, 0) is 55.9 Å². The number of aliphatic hydroxyl groups excluding tert-OH is 1. The molecule has 9 nitrogen and oxygen atoms in total. The highest BCUT2D eigenvalue weighted by atomic mass is 35.5. The molecular formula is C30H37ClN6O3. The maximum Gasteiger partial charge on any atom is 0.355 e. The molecule has 10 heteroatoms. The van der Waals surface area contributed by atoms with Crippen LogP contribution in [0.4, 0.5) is 11.6 Å². The molecule has 40 heavy (non-hydrogen) atoms. The molecule has 2 aliphatic rings. The van der Waals surface area contributed by atoms with E-state index < -0.39 is 5.69 Å². The van der Waals surface area contributed by atoms with Gasteiger partial charge in [-0.3, -0.25) is 4.79 Å². The number of anilines is 2. The Kier molecular flexibility index (Phi) is 8.14. The number of piperazine rings is 1. The number of carbonyl (C=O) groups is 1. The molecule has 0 radical (unpaired) electrons. The first kappa shape index (κ1) is 28.1. The lowest BCUT2D eigenvalue weighted by atomic mass is 10.0. The van der Waals surface area contributed by atoms with Crippen molar-refractivity contribution in [3.8, 4) is 5.69 Å². The zero-order chi connectivity index (χ0) is 28.6. The molecule has 1 aromatic carbocycles. The van der Waals surface area contributed by atoms with Gasteiger partial charge in [-0.15, -0.1) is 0 Å². The summed E-state index contributed by atoms with van der Waals surface area (Å²) in [6, 6.07) is 7.80. The van der Waals surface area contributed by atoms with Crippen LogP contribution < -0.4 is 15.5 Å². The van der Waals surface area contributed by atoms with Gasteiger partial charge in [0.15, 0.2) is 5.65 Å². The molecule has 212 valence electrons. The highest BCUT2D eigenvalue weighted by Crippen LogP contribution is 2.37. The minimum Gasteiger partial charge on any atom is -0.394 e. The molecule has 0 spiro atoms. The van der Waals surface area contributed by atoms with Crippen LogP contribution in [0, 0.1) is 0 Å². The number of hydrogen-bond acceptors (Lipinski definition) is 7. The van der Waals surface area contributed by atoms with Gasteiger partial charge in [-0.2, -0.15) is 4.98 Å². The molecule has 2 aliphatic heterocycles. The number of halogens is 1. The Labute approximate surface area is 239 Å². The number of aromatic nitrogens is 3. The van der Waals surface area contributed by atoms with Crippen molar-refractivity contribution in [2.75, 3.05) is 42.6 Å². The minimum atomic E-state index is -0.407. The van der Waals surface area contributed by atoms with Crippen molar-refractivity contribution in [3.05, 3.63) is 63.6 Å². The van der Waals surface area contributed by atoms with Gasteiger partial charge in [0.1, 0.15) is 11.6 Å². The second kappa shape index (κ2) is 11.6. The maximum absolute atomic E-state index is 14.0. The topological polar surface area (TPSA) is 94.8 Å². The fourth-order valence-corrected chi connectivity index (χ4v) is 6.39. The molecular weight excluding hydrogens is 528 g/mol. The Morgan fingerprint density at radius 1 is 1.12 bits per heavy atom. The van der Waals surface area contributed by atoms with Crippen LogP contribution in [0.1, 0.15) is 44.7 Å². The van der Waals surface area contributed by atoms with Crippen molar-refractivity contribution < 1.29 is 9.90 Å². The number of aryl methyl sites for hydroxylation is 2. The first-order valence-electron chi connectivity index (χ1n) is 14.1. The van der Waals surface area contributed by atoms with Crippen LogP contribution in [0.15, 0.2) is 41.7 Å². The highest BCUT2D eigenvalue weighted by Gasteiger charge is 2.32. The summed E-state index contributed by atoms with van der Waals surface area (Å²) in [5.41, 5.74) is 2.97. The molecule has 2 unspecified atom stereocenters. The summed E-state index contributed by atoms with van der Waals surface area (Å²) in [7, 11) is 0. The van der Waals surface area contributed by atoms with Crippen molar-refractivity contribution in [3.63, 3.8) is 0 Å². The molecule has 0 saturated carbocycles. The van der Waals surface area contributed by atoms with Gasteiger partial charge < -0.3 is 19.8 Å². The number of aliphatic hydroxyl groups is 1. The largest absolute Gasteiger partial charge is 0.394 e. The molecule has 4 heterocycles. The normalized spacial score (nSPS) is 19.5. The van der Waals surface area contributed by atoms with Crippen LogP contribution in [0.5, 0.6) is 0 Å². The van der Waals surface area contributed by atoms with E-state index >= 15 is 0 Å². The van der Waals surface area contributed by atoms with Crippen LogP contribution in [-0.2, 0) is 17.6 Å². The summed E-state index contributed by atoms with van der Waals surface area (Å²) in [5.74, 6) is 0.974. The highest BCUT2D eigenvalue weighted by molar-refractivity contribution is 6.33. The summed E-state index contributed by atoms with van der Waals surface area (Å²) in [6.07, 6.45) is 4.60. The van der Waals surface area contributed by atoms with Crippen LogP contribution in [0.2, 0.25) is 5.02 Å². The number of para-hydroxylation sites is 1. The molecule has 1 N–H and O–H groups in total. The standard InChI is InChI=1S/C30H37ClN6O3/c1-5-20-10-8-11-21(6-2)26(20)37-28-23(16-24(31)29(32-28)36-13-9-12-22(36)18-38)27(33-30(37)40)35-15-14-34(17-19(35)4)25(39)7-3/h7-8,10-11,16,19,22,38H,3,5-6,9,12-15,17-18H2,1-2,4H3. The Morgan fingerprint density at radius 2 is 1.85 bits per heavy atom. The zero-order valence-electron chi connectivity index (χ0n) is 23.4. The Bertz CT molecular complexity index is 1480. The third-order valence-corrected chi connectivity index (χ3v) is 8.50. The number of pyridine rings is 1. The van der Waals surface area contributed by atoms with Crippen molar-refractivity contribution >= 4 is 40.2 Å². The maximum atomic E-state index is 14.0. The number of benzene rings is 1. The van der Waals surface area contributed by atoms with Crippen molar-refractivity contribution in [1.29, 1.82) is 0 Å². The van der Waals surface area contributed by atoms with E-state index in [2.05, 4.69) is 30.3 Å². The number of rotatable bonds is 7. The molecule has 0 bridgehead atoms. The summed E-state index contributed by atoms with van der Waals surface area (Å²) in [4.78, 5) is 41.9. The summed E-state index contributed by atoms with van der Waals surface area (Å²) < 4.78 is 1.64. The van der Waals surface area contributed by atoms with Gasteiger partial charge in [-0.1, -0.05) is 50.2 Å². The molecule has 1 amide bonds. The van der Waals surface area contributed by atoms with Gasteiger partial charge in [0, 0.05) is 32.2 Å². The number of carbonyl (C=O) groups excluding carboxylic acids is 1. The van der Waals surface area contributed by atoms with Crippen LogP contribution >= 0.6 is 11.6 Å². The van der Waals surface area contributed by atoms with E-state index in [0.29, 0.717) is 47.3 Å². The average Bonchev–Trinajstić information content (AvgIpc) is 3.44. The molecule has 2 saturated heterocycles.